The highest BCUT2D eigenvalue weighted by Crippen LogP contribution is 2.29. The minimum atomic E-state index is -3.03. The topological polar surface area (TPSA) is 176 Å². The van der Waals surface area contributed by atoms with Crippen molar-refractivity contribution in [1.29, 1.82) is 0 Å². The largest absolute Gasteiger partial charge is 0.456 e. The van der Waals surface area contributed by atoms with Crippen molar-refractivity contribution in [2.75, 3.05) is 0 Å². The van der Waals surface area contributed by atoms with E-state index < -0.39 is 39.9 Å². The second-order valence-electron chi connectivity index (χ2n) is 4.36. The summed E-state index contributed by atoms with van der Waals surface area (Å²) in [5.74, 6) is -4.25. The molecule has 23 heavy (non-hydrogen) atoms. The number of carbonyl (C=O) groups is 3. The molecule has 1 atom stereocenters. The number of ether oxygens (including phenoxy) is 1. The molecule has 2 rings (SSSR count). The van der Waals surface area contributed by atoms with Gasteiger partial charge in [0.2, 0.25) is 0 Å². The summed E-state index contributed by atoms with van der Waals surface area (Å²) < 4.78 is 4.59. The lowest BCUT2D eigenvalue weighted by Crippen LogP contribution is -2.49. The highest BCUT2D eigenvalue weighted by Gasteiger charge is 2.66. The number of rotatable bonds is 4. The van der Waals surface area contributed by atoms with Crippen LogP contribution in [-0.2, 0) is 14.3 Å². The Hall–Kier alpha value is -3.50. The Morgan fingerprint density at radius 2 is 2.22 bits per heavy atom. The van der Waals surface area contributed by atoms with Crippen molar-refractivity contribution in [2.45, 2.75) is 12.1 Å². The number of amides is 2. The molecule has 2 amide bonds. The maximum Gasteiger partial charge on any atom is 0.456 e. The third-order valence-electron chi connectivity index (χ3n) is 2.95. The highest BCUT2D eigenvalue weighted by molar-refractivity contribution is 6.06. The predicted octanol–water partition coefficient (Wildman–Crippen LogP) is 0.906. The summed E-state index contributed by atoms with van der Waals surface area (Å²) >= 11 is 0. The molecule has 1 aliphatic heterocycles. The van der Waals surface area contributed by atoms with Gasteiger partial charge >= 0.3 is 17.6 Å². The average Bonchev–Trinajstić information content (AvgIpc) is 2.73. The summed E-state index contributed by atoms with van der Waals surface area (Å²) in [6, 6.07) is 4.96. The minimum absolute atomic E-state index is 0.0368. The first-order chi connectivity index (χ1) is 10.8. The quantitative estimate of drug-likeness (QED) is 0.0985. The molecule has 1 fully saturated rings. The number of hydrogen-bond donors (Lipinski definition) is 1. The van der Waals surface area contributed by atoms with E-state index in [1.807, 2.05) is 0 Å². The lowest BCUT2D eigenvalue weighted by Gasteiger charge is -2.17. The van der Waals surface area contributed by atoms with Crippen LogP contribution in [0.4, 0.5) is 5.69 Å². The maximum atomic E-state index is 12.0. The van der Waals surface area contributed by atoms with Crippen molar-refractivity contribution in [2.24, 2.45) is 5.11 Å². The molecule has 0 spiro atoms. The van der Waals surface area contributed by atoms with Crippen LogP contribution in [-0.4, -0.2) is 38.7 Å². The molecule has 0 aromatic heterocycles. The molecule has 0 bridgehead atoms. The lowest BCUT2D eigenvalue weighted by atomic mass is 10.1. The van der Waals surface area contributed by atoms with Crippen LogP contribution in [0.15, 0.2) is 29.4 Å². The molecular formula is C11H7N5O7. The molecule has 1 unspecified atom stereocenters. The smallest absolute Gasteiger partial charge is 0.384 e. The molecule has 0 aliphatic carbocycles. The molecule has 0 saturated carbocycles. The molecule has 12 nitrogen and oxygen atoms in total. The van der Waals surface area contributed by atoms with Gasteiger partial charge in [-0.25, -0.2) is 4.79 Å². The summed E-state index contributed by atoms with van der Waals surface area (Å²) in [6.07, 6.45) is -1.13. The van der Waals surface area contributed by atoms with E-state index in [9.17, 15) is 24.5 Å². The van der Waals surface area contributed by atoms with Gasteiger partial charge in [0, 0.05) is 10.6 Å². The van der Waals surface area contributed by atoms with Crippen molar-refractivity contribution >= 4 is 23.5 Å². The van der Waals surface area contributed by atoms with Gasteiger partial charge in [-0.1, -0.05) is 17.2 Å². The monoisotopic (exact) mass is 321 g/mol. The van der Waals surface area contributed by atoms with Gasteiger partial charge in [-0.05, 0) is 17.7 Å². The molecule has 0 radical (unpaired) electrons. The maximum absolute atomic E-state index is 12.0. The summed E-state index contributed by atoms with van der Waals surface area (Å²) in [4.78, 5) is 47.3. The van der Waals surface area contributed by atoms with E-state index in [0.717, 1.165) is 6.07 Å². The van der Waals surface area contributed by atoms with E-state index >= 15 is 0 Å². The molecule has 1 heterocycles. The van der Waals surface area contributed by atoms with Crippen molar-refractivity contribution in [3.8, 4) is 0 Å². The van der Waals surface area contributed by atoms with Crippen LogP contribution in [0.5, 0.6) is 0 Å². The number of benzene rings is 1. The molecule has 1 saturated heterocycles. The Morgan fingerprint density at radius 1 is 1.52 bits per heavy atom. The average molecular weight is 321 g/mol. The van der Waals surface area contributed by atoms with Crippen LogP contribution in [0, 0.1) is 10.1 Å². The Balaban J connectivity index is 2.35. The Morgan fingerprint density at radius 3 is 2.74 bits per heavy atom. The number of nitro groups is 1. The zero-order valence-electron chi connectivity index (χ0n) is 11.1. The number of azide groups is 1. The van der Waals surface area contributed by atoms with Crippen LogP contribution >= 0.6 is 0 Å². The SMILES string of the molecule is [N-]=[N+]=Nc1cccc(C(=O)OC2([N+](=O)[O-])CC(=O)N(O)C2=O)c1. The normalized spacial score (nSPS) is 20.1. The standard InChI is InChI=1S/C11H7N5O7/c12-14-13-7-3-1-2-6(4-7)9(18)23-11(16(21)22)5-8(17)15(20)10(11)19/h1-4,20H,5H2. The van der Waals surface area contributed by atoms with Crippen molar-refractivity contribution in [1.82, 2.24) is 5.06 Å². The van der Waals surface area contributed by atoms with Crippen LogP contribution in [0.2, 0.25) is 0 Å². The van der Waals surface area contributed by atoms with Gasteiger partial charge in [0.15, 0.2) is 0 Å². The van der Waals surface area contributed by atoms with Crippen LogP contribution in [0.1, 0.15) is 16.8 Å². The highest BCUT2D eigenvalue weighted by atomic mass is 16.7. The Kier molecular flexibility index (Phi) is 3.94. The summed E-state index contributed by atoms with van der Waals surface area (Å²) in [5, 5.41) is 23.0. The fourth-order valence-electron chi connectivity index (χ4n) is 1.85. The van der Waals surface area contributed by atoms with Crippen LogP contribution < -0.4 is 0 Å². The fraction of sp³-hybridized carbons (Fsp3) is 0.182. The molecular weight excluding hydrogens is 314 g/mol. The van der Waals surface area contributed by atoms with Gasteiger partial charge in [-0.3, -0.25) is 24.9 Å². The predicted molar refractivity (Wildman–Crippen MR) is 68.6 cm³/mol. The number of esters is 1. The van der Waals surface area contributed by atoms with Crippen LogP contribution in [0.3, 0.4) is 0 Å². The van der Waals surface area contributed by atoms with Crippen molar-refractivity contribution in [3.05, 3.63) is 50.4 Å². The number of nitrogens with zero attached hydrogens (tertiary/aromatic N) is 5. The van der Waals surface area contributed by atoms with E-state index in [0.29, 0.717) is 0 Å². The van der Waals surface area contributed by atoms with Crippen LogP contribution in [0.25, 0.3) is 10.4 Å². The van der Waals surface area contributed by atoms with Gasteiger partial charge < -0.3 is 4.74 Å². The second-order valence-corrected chi connectivity index (χ2v) is 4.36. The summed E-state index contributed by atoms with van der Waals surface area (Å²) in [5.41, 5.74) is 5.09. The molecule has 1 N–H and O–H groups in total. The zero-order chi connectivity index (χ0) is 17.2. The molecule has 1 aliphatic rings. The molecule has 1 aromatic carbocycles. The second kappa shape index (κ2) is 5.71. The van der Waals surface area contributed by atoms with Crippen molar-refractivity contribution < 1.29 is 29.3 Å². The molecule has 12 heteroatoms. The van der Waals surface area contributed by atoms with Gasteiger partial charge in [0.05, 0.1) is 10.5 Å². The van der Waals surface area contributed by atoms with E-state index in [2.05, 4.69) is 14.8 Å². The van der Waals surface area contributed by atoms with Gasteiger partial charge in [0.25, 0.3) is 5.91 Å². The van der Waals surface area contributed by atoms with Gasteiger partial charge in [0.1, 0.15) is 6.42 Å². The first-order valence-electron chi connectivity index (χ1n) is 5.91. The Labute approximate surface area is 126 Å². The summed E-state index contributed by atoms with van der Waals surface area (Å²) in [7, 11) is 0. The van der Waals surface area contributed by atoms with E-state index in [-0.39, 0.29) is 11.3 Å². The van der Waals surface area contributed by atoms with E-state index in [1.54, 1.807) is 0 Å². The fourth-order valence-corrected chi connectivity index (χ4v) is 1.85. The molecule has 1 aromatic rings. The Bertz CT molecular complexity index is 772. The minimum Gasteiger partial charge on any atom is -0.384 e. The zero-order valence-corrected chi connectivity index (χ0v) is 11.1. The number of imide groups is 1. The van der Waals surface area contributed by atoms with Gasteiger partial charge in [-0.15, -0.1) is 5.06 Å². The van der Waals surface area contributed by atoms with E-state index in [4.69, 9.17) is 10.7 Å². The third-order valence-corrected chi connectivity index (χ3v) is 2.95. The molecule has 118 valence electrons. The number of hydroxylamine groups is 2. The van der Waals surface area contributed by atoms with Gasteiger partial charge in [-0.2, -0.15) is 0 Å². The first kappa shape index (κ1) is 15.9. The first-order valence-corrected chi connectivity index (χ1v) is 5.91. The van der Waals surface area contributed by atoms with E-state index in [1.165, 1.54) is 18.2 Å². The number of carbonyl (C=O) groups excluding carboxylic acids is 3. The summed E-state index contributed by atoms with van der Waals surface area (Å²) in [6.45, 7) is 0. The number of hydrogen-bond acceptors (Lipinski definition) is 8. The van der Waals surface area contributed by atoms with Crippen molar-refractivity contribution in [3.63, 3.8) is 0 Å². The third kappa shape index (κ3) is 2.66. The lowest BCUT2D eigenvalue weighted by molar-refractivity contribution is -0.598.